The summed E-state index contributed by atoms with van der Waals surface area (Å²) in [5, 5.41) is 6.05. The van der Waals surface area contributed by atoms with Crippen LogP contribution in [0.25, 0.3) is 0 Å². The molecule has 0 aromatic rings. The highest BCUT2D eigenvalue weighted by Gasteiger charge is 2.24. The first-order valence-corrected chi connectivity index (χ1v) is 8.61. The van der Waals surface area contributed by atoms with E-state index < -0.39 is 0 Å². The summed E-state index contributed by atoms with van der Waals surface area (Å²) in [4.78, 5) is 20.8. The summed E-state index contributed by atoms with van der Waals surface area (Å²) in [6.45, 7) is 9.42. The van der Waals surface area contributed by atoms with E-state index in [2.05, 4.69) is 32.3 Å². The standard InChI is InChI=1S/C16H33N5O2/c1-5-17-16(19-12-15(22)18-9-11-23-4)20(3)13-14-8-7-10-21(14)6-2/h14H,5-13H2,1-4H3,(H,17,19)(H,18,22). The van der Waals surface area contributed by atoms with Gasteiger partial charge in [-0.3, -0.25) is 9.69 Å². The predicted molar refractivity (Wildman–Crippen MR) is 93.8 cm³/mol. The highest BCUT2D eigenvalue weighted by molar-refractivity contribution is 5.84. The summed E-state index contributed by atoms with van der Waals surface area (Å²) in [5.74, 6) is 0.708. The zero-order chi connectivity index (χ0) is 17.1. The Hall–Kier alpha value is -1.34. The van der Waals surface area contributed by atoms with Crippen LogP contribution in [0.1, 0.15) is 26.7 Å². The van der Waals surface area contributed by atoms with E-state index in [-0.39, 0.29) is 12.5 Å². The molecule has 0 aromatic carbocycles. The van der Waals surface area contributed by atoms with E-state index in [0.29, 0.717) is 19.2 Å². The lowest BCUT2D eigenvalue weighted by atomic mass is 10.2. The monoisotopic (exact) mass is 327 g/mol. The van der Waals surface area contributed by atoms with Gasteiger partial charge in [0.2, 0.25) is 5.91 Å². The number of nitrogens with zero attached hydrogens (tertiary/aromatic N) is 3. The molecule has 0 radical (unpaired) electrons. The molecule has 0 saturated carbocycles. The van der Waals surface area contributed by atoms with E-state index in [1.165, 1.54) is 19.4 Å². The van der Waals surface area contributed by atoms with Crippen molar-refractivity contribution in [2.75, 3.05) is 60.0 Å². The Kier molecular flexibility index (Phi) is 9.63. The van der Waals surface area contributed by atoms with Crippen LogP contribution in [0.4, 0.5) is 0 Å². The number of ether oxygens (including phenoxy) is 1. The van der Waals surface area contributed by atoms with Crippen LogP contribution in [0, 0.1) is 0 Å². The van der Waals surface area contributed by atoms with Crippen LogP contribution in [0.2, 0.25) is 0 Å². The van der Waals surface area contributed by atoms with Crippen LogP contribution in [-0.2, 0) is 9.53 Å². The van der Waals surface area contributed by atoms with E-state index in [4.69, 9.17) is 4.74 Å². The number of guanidine groups is 1. The molecular weight excluding hydrogens is 294 g/mol. The molecule has 1 aliphatic heterocycles. The van der Waals surface area contributed by atoms with Gasteiger partial charge in [-0.2, -0.15) is 0 Å². The zero-order valence-electron chi connectivity index (χ0n) is 15.1. The molecule has 1 atom stereocenters. The molecule has 7 heteroatoms. The molecule has 0 aromatic heterocycles. The molecule has 0 aliphatic carbocycles. The van der Waals surface area contributed by atoms with Crippen molar-refractivity contribution in [1.82, 2.24) is 20.4 Å². The van der Waals surface area contributed by atoms with Crippen LogP contribution in [0.5, 0.6) is 0 Å². The number of hydrogen-bond donors (Lipinski definition) is 2. The maximum absolute atomic E-state index is 11.8. The largest absolute Gasteiger partial charge is 0.383 e. The second kappa shape index (κ2) is 11.2. The van der Waals surface area contributed by atoms with Crippen molar-refractivity contribution in [1.29, 1.82) is 0 Å². The first kappa shape index (κ1) is 19.7. The molecule has 1 aliphatic rings. The summed E-state index contributed by atoms with van der Waals surface area (Å²) in [5.41, 5.74) is 0. The minimum Gasteiger partial charge on any atom is -0.383 e. The van der Waals surface area contributed by atoms with Gasteiger partial charge in [-0.05, 0) is 32.9 Å². The van der Waals surface area contributed by atoms with Gasteiger partial charge < -0.3 is 20.3 Å². The first-order chi connectivity index (χ1) is 11.1. The Balaban J connectivity index is 2.51. The number of hydrogen-bond acceptors (Lipinski definition) is 4. The van der Waals surface area contributed by atoms with E-state index in [1.54, 1.807) is 7.11 Å². The second-order valence-electron chi connectivity index (χ2n) is 5.82. The summed E-state index contributed by atoms with van der Waals surface area (Å²) in [6, 6.07) is 0.574. The quantitative estimate of drug-likeness (QED) is 0.358. The third kappa shape index (κ3) is 7.18. The SMILES string of the molecule is CCNC(=NCC(=O)NCCOC)N(C)CC1CCCN1CC. The van der Waals surface area contributed by atoms with Gasteiger partial charge in [-0.1, -0.05) is 6.92 Å². The third-order valence-corrected chi connectivity index (χ3v) is 4.09. The minimum absolute atomic E-state index is 0.0816. The van der Waals surface area contributed by atoms with Crippen LogP contribution in [-0.4, -0.2) is 87.7 Å². The molecule has 1 unspecified atom stereocenters. The molecule has 1 amide bonds. The molecule has 23 heavy (non-hydrogen) atoms. The highest BCUT2D eigenvalue weighted by atomic mass is 16.5. The Morgan fingerprint density at radius 1 is 1.39 bits per heavy atom. The maximum Gasteiger partial charge on any atom is 0.241 e. The normalized spacial score (nSPS) is 19.0. The number of nitrogens with one attached hydrogen (secondary N) is 2. The van der Waals surface area contributed by atoms with Gasteiger partial charge in [0.05, 0.1) is 6.61 Å². The number of carbonyl (C=O) groups is 1. The number of methoxy groups -OCH3 is 1. The number of carbonyl (C=O) groups excluding carboxylic acids is 1. The molecule has 1 rings (SSSR count). The van der Waals surface area contributed by atoms with Crippen molar-refractivity contribution in [2.24, 2.45) is 4.99 Å². The van der Waals surface area contributed by atoms with Crippen LogP contribution >= 0.6 is 0 Å². The Labute approximate surface area is 140 Å². The molecule has 0 spiro atoms. The van der Waals surface area contributed by atoms with Gasteiger partial charge in [0.25, 0.3) is 0 Å². The Bertz CT molecular complexity index is 375. The fraction of sp³-hybridized carbons (Fsp3) is 0.875. The van der Waals surface area contributed by atoms with Crippen LogP contribution in [0.15, 0.2) is 4.99 Å². The zero-order valence-corrected chi connectivity index (χ0v) is 15.1. The average Bonchev–Trinajstić information content (AvgIpc) is 2.98. The van der Waals surface area contributed by atoms with Crippen LogP contribution in [0.3, 0.4) is 0 Å². The second-order valence-corrected chi connectivity index (χ2v) is 5.82. The van der Waals surface area contributed by atoms with Gasteiger partial charge in [0.1, 0.15) is 6.54 Å². The van der Waals surface area contributed by atoms with Gasteiger partial charge in [0, 0.05) is 39.8 Å². The van der Waals surface area contributed by atoms with Crippen molar-refractivity contribution in [2.45, 2.75) is 32.7 Å². The molecule has 1 heterocycles. The van der Waals surface area contributed by atoms with Crippen molar-refractivity contribution >= 4 is 11.9 Å². The lowest BCUT2D eigenvalue weighted by Gasteiger charge is -2.29. The minimum atomic E-state index is -0.0816. The van der Waals surface area contributed by atoms with Crippen molar-refractivity contribution in [3.8, 4) is 0 Å². The molecule has 1 fully saturated rings. The molecule has 1 saturated heterocycles. The molecule has 134 valence electrons. The van der Waals surface area contributed by atoms with E-state index in [9.17, 15) is 4.79 Å². The van der Waals surface area contributed by atoms with Gasteiger partial charge >= 0.3 is 0 Å². The number of rotatable bonds is 9. The topological polar surface area (TPSA) is 69.2 Å². The average molecular weight is 327 g/mol. The van der Waals surface area contributed by atoms with E-state index >= 15 is 0 Å². The van der Waals surface area contributed by atoms with Gasteiger partial charge in [-0.15, -0.1) is 0 Å². The maximum atomic E-state index is 11.8. The van der Waals surface area contributed by atoms with Crippen molar-refractivity contribution < 1.29 is 9.53 Å². The number of aliphatic imine (C=N–C) groups is 1. The third-order valence-electron chi connectivity index (χ3n) is 4.09. The lowest BCUT2D eigenvalue weighted by Crippen LogP contribution is -2.46. The van der Waals surface area contributed by atoms with Gasteiger partial charge in [0.15, 0.2) is 5.96 Å². The Morgan fingerprint density at radius 2 is 2.17 bits per heavy atom. The van der Waals surface area contributed by atoms with Gasteiger partial charge in [-0.25, -0.2) is 4.99 Å². The number of likely N-dealkylation sites (tertiary alicyclic amines) is 1. The summed E-state index contributed by atoms with van der Waals surface area (Å²) in [6.07, 6.45) is 2.50. The van der Waals surface area contributed by atoms with Crippen molar-refractivity contribution in [3.63, 3.8) is 0 Å². The highest BCUT2D eigenvalue weighted by Crippen LogP contribution is 2.17. The predicted octanol–water partition coefficient (Wildman–Crippen LogP) is 0.131. The summed E-state index contributed by atoms with van der Waals surface area (Å²) < 4.78 is 4.91. The summed E-state index contributed by atoms with van der Waals surface area (Å²) >= 11 is 0. The van der Waals surface area contributed by atoms with Crippen molar-refractivity contribution in [3.05, 3.63) is 0 Å². The summed E-state index contributed by atoms with van der Waals surface area (Å²) in [7, 11) is 3.65. The van der Waals surface area contributed by atoms with Crippen LogP contribution < -0.4 is 10.6 Å². The van der Waals surface area contributed by atoms with E-state index in [1.807, 2.05) is 14.0 Å². The smallest absolute Gasteiger partial charge is 0.241 e. The molecular formula is C16H33N5O2. The molecule has 2 N–H and O–H groups in total. The number of amides is 1. The fourth-order valence-electron chi connectivity index (χ4n) is 2.89. The molecule has 7 nitrogen and oxygen atoms in total. The fourth-order valence-corrected chi connectivity index (χ4v) is 2.89. The van der Waals surface area contributed by atoms with E-state index in [0.717, 1.165) is 25.6 Å². The number of likely N-dealkylation sites (N-methyl/N-ethyl adjacent to an activating group) is 2. The lowest BCUT2D eigenvalue weighted by molar-refractivity contribution is -0.119. The molecule has 0 bridgehead atoms. The Morgan fingerprint density at radius 3 is 2.83 bits per heavy atom. The first-order valence-electron chi connectivity index (χ1n) is 8.61.